The van der Waals surface area contributed by atoms with Crippen LogP contribution in [0.1, 0.15) is 24.9 Å². The molecule has 0 saturated heterocycles. The quantitative estimate of drug-likeness (QED) is 0.834. The third-order valence-corrected chi connectivity index (χ3v) is 4.52. The third-order valence-electron chi connectivity index (χ3n) is 4.28. The average molecular weight is 346 g/mol. The van der Waals surface area contributed by atoms with Crippen LogP contribution in [0, 0.1) is 0 Å². The molecule has 1 N–H and O–H groups in total. The molecule has 0 spiro atoms. The lowest BCUT2D eigenvalue weighted by molar-refractivity contribution is -0.125. The van der Waals surface area contributed by atoms with E-state index in [-0.39, 0.29) is 11.9 Å². The number of amides is 3. The zero-order valence-electron chi connectivity index (χ0n) is 13.6. The molecule has 0 bridgehead atoms. The van der Waals surface area contributed by atoms with Gasteiger partial charge in [-0.3, -0.25) is 9.69 Å². The number of hydrogen-bond acceptors (Lipinski definition) is 2. The second-order valence-electron chi connectivity index (χ2n) is 5.92. The Morgan fingerprint density at radius 1 is 1.42 bits per heavy atom. The van der Waals surface area contributed by atoms with Gasteiger partial charge in [-0.05, 0) is 24.1 Å². The highest BCUT2D eigenvalue weighted by atomic mass is 35.5. The van der Waals surface area contributed by atoms with Crippen LogP contribution in [0.4, 0.5) is 4.79 Å². The Kier molecular flexibility index (Phi) is 4.62. The molecule has 0 saturated carbocycles. The summed E-state index contributed by atoms with van der Waals surface area (Å²) in [5, 5.41) is 3.51. The number of rotatable bonds is 5. The molecule has 2 aliphatic heterocycles. The Hall–Kier alpha value is -2.27. The molecule has 2 heterocycles. The van der Waals surface area contributed by atoms with Crippen LogP contribution in [0.2, 0.25) is 5.02 Å². The van der Waals surface area contributed by atoms with E-state index >= 15 is 0 Å². The Labute approximate surface area is 146 Å². The summed E-state index contributed by atoms with van der Waals surface area (Å²) in [4.78, 5) is 28.8. The molecular weight excluding hydrogens is 326 g/mol. The van der Waals surface area contributed by atoms with Gasteiger partial charge in [0.2, 0.25) is 0 Å². The summed E-state index contributed by atoms with van der Waals surface area (Å²) in [6.07, 6.45) is 2.54. The van der Waals surface area contributed by atoms with E-state index in [0.29, 0.717) is 30.2 Å². The summed E-state index contributed by atoms with van der Waals surface area (Å²) in [5.41, 5.74) is 2.21. The third kappa shape index (κ3) is 2.80. The van der Waals surface area contributed by atoms with E-state index in [1.165, 1.54) is 0 Å². The molecule has 6 heteroatoms. The number of urea groups is 1. The fourth-order valence-corrected chi connectivity index (χ4v) is 3.46. The lowest BCUT2D eigenvalue weighted by Crippen LogP contribution is -2.47. The van der Waals surface area contributed by atoms with Gasteiger partial charge in [-0.25, -0.2) is 4.79 Å². The number of halogens is 1. The first kappa shape index (κ1) is 16.6. The van der Waals surface area contributed by atoms with Crippen LogP contribution in [0.3, 0.4) is 0 Å². The normalized spacial score (nSPS) is 20.3. The molecule has 24 heavy (non-hydrogen) atoms. The zero-order chi connectivity index (χ0) is 17.3. The summed E-state index contributed by atoms with van der Waals surface area (Å²) in [6, 6.07) is 6.57. The van der Waals surface area contributed by atoms with E-state index in [0.717, 1.165) is 17.7 Å². The molecule has 126 valence electrons. The molecule has 1 aromatic rings. The van der Waals surface area contributed by atoms with E-state index in [4.69, 9.17) is 11.6 Å². The van der Waals surface area contributed by atoms with Gasteiger partial charge in [0.05, 0.1) is 23.9 Å². The van der Waals surface area contributed by atoms with Crippen LogP contribution in [0.15, 0.2) is 48.2 Å². The molecule has 1 aromatic carbocycles. The van der Waals surface area contributed by atoms with Crippen molar-refractivity contribution in [2.75, 3.05) is 19.6 Å². The highest BCUT2D eigenvalue weighted by Gasteiger charge is 2.43. The van der Waals surface area contributed by atoms with E-state index in [1.807, 2.05) is 19.1 Å². The SMILES string of the molecule is C=CCN1C(=O)N[C@H](c2cccc(Cl)c2)C2=C1CN(CCC)C2=O. The maximum Gasteiger partial charge on any atom is 0.322 e. The van der Waals surface area contributed by atoms with Gasteiger partial charge in [0.1, 0.15) is 0 Å². The minimum atomic E-state index is -0.471. The van der Waals surface area contributed by atoms with Crippen molar-refractivity contribution in [1.29, 1.82) is 0 Å². The van der Waals surface area contributed by atoms with Crippen LogP contribution >= 0.6 is 11.6 Å². The Morgan fingerprint density at radius 2 is 2.21 bits per heavy atom. The first-order chi connectivity index (χ1) is 11.6. The zero-order valence-corrected chi connectivity index (χ0v) is 14.3. The van der Waals surface area contributed by atoms with Gasteiger partial charge < -0.3 is 10.2 Å². The lowest BCUT2D eigenvalue weighted by atomic mass is 9.95. The van der Waals surface area contributed by atoms with Crippen molar-refractivity contribution in [3.63, 3.8) is 0 Å². The van der Waals surface area contributed by atoms with Crippen LogP contribution in [0.5, 0.6) is 0 Å². The van der Waals surface area contributed by atoms with Gasteiger partial charge in [-0.1, -0.05) is 36.7 Å². The monoisotopic (exact) mass is 345 g/mol. The number of carbonyl (C=O) groups is 2. The molecule has 0 radical (unpaired) electrons. The fraction of sp³-hybridized carbons (Fsp3) is 0.333. The molecule has 2 aliphatic rings. The van der Waals surface area contributed by atoms with Crippen molar-refractivity contribution >= 4 is 23.5 Å². The summed E-state index contributed by atoms with van der Waals surface area (Å²) in [5.74, 6) is -0.0223. The predicted molar refractivity (Wildman–Crippen MR) is 93.5 cm³/mol. The fourth-order valence-electron chi connectivity index (χ4n) is 3.26. The van der Waals surface area contributed by atoms with Gasteiger partial charge in [0.15, 0.2) is 0 Å². The summed E-state index contributed by atoms with van der Waals surface area (Å²) >= 11 is 6.09. The van der Waals surface area contributed by atoms with E-state index in [1.54, 1.807) is 28.0 Å². The average Bonchev–Trinajstić information content (AvgIpc) is 2.87. The standard InChI is InChI=1S/C18H20ClN3O2/c1-3-8-21-11-14-15(17(21)23)16(12-6-5-7-13(19)10-12)20-18(24)22(14)9-4-2/h4-7,10,16H,2-3,8-9,11H2,1H3,(H,20,24)/t16-/m1/s1. The minimum Gasteiger partial charge on any atom is -0.333 e. The lowest BCUT2D eigenvalue weighted by Gasteiger charge is -2.33. The molecule has 0 aliphatic carbocycles. The number of benzene rings is 1. The van der Waals surface area contributed by atoms with Crippen molar-refractivity contribution in [2.45, 2.75) is 19.4 Å². The molecule has 0 aromatic heterocycles. The van der Waals surface area contributed by atoms with Gasteiger partial charge in [0.25, 0.3) is 5.91 Å². The first-order valence-corrected chi connectivity index (χ1v) is 8.41. The highest BCUT2D eigenvalue weighted by molar-refractivity contribution is 6.30. The number of hydrogen-bond donors (Lipinski definition) is 1. The summed E-state index contributed by atoms with van der Waals surface area (Å²) in [7, 11) is 0. The number of nitrogens with zero attached hydrogens (tertiary/aromatic N) is 2. The van der Waals surface area contributed by atoms with Crippen molar-refractivity contribution in [3.8, 4) is 0 Å². The largest absolute Gasteiger partial charge is 0.333 e. The topological polar surface area (TPSA) is 52.7 Å². The smallest absolute Gasteiger partial charge is 0.322 e. The first-order valence-electron chi connectivity index (χ1n) is 8.03. The molecule has 5 nitrogen and oxygen atoms in total. The molecule has 0 unspecified atom stereocenters. The maximum atomic E-state index is 12.9. The number of carbonyl (C=O) groups excluding carboxylic acids is 2. The Bertz CT molecular complexity index is 729. The molecule has 0 fully saturated rings. The van der Waals surface area contributed by atoms with Gasteiger partial charge in [0, 0.05) is 18.1 Å². The van der Waals surface area contributed by atoms with Crippen LogP contribution in [-0.4, -0.2) is 41.4 Å². The van der Waals surface area contributed by atoms with Crippen molar-refractivity contribution in [3.05, 3.63) is 58.8 Å². The van der Waals surface area contributed by atoms with Gasteiger partial charge in [-0.2, -0.15) is 0 Å². The summed E-state index contributed by atoms with van der Waals surface area (Å²) < 4.78 is 0. The molecular formula is C18H20ClN3O2. The molecule has 3 rings (SSSR count). The molecule has 1 atom stereocenters. The van der Waals surface area contributed by atoms with E-state index in [9.17, 15) is 9.59 Å². The second-order valence-corrected chi connectivity index (χ2v) is 6.36. The van der Waals surface area contributed by atoms with Gasteiger partial charge >= 0.3 is 6.03 Å². The van der Waals surface area contributed by atoms with E-state index < -0.39 is 6.04 Å². The van der Waals surface area contributed by atoms with Crippen LogP contribution in [0.25, 0.3) is 0 Å². The van der Waals surface area contributed by atoms with Gasteiger partial charge in [-0.15, -0.1) is 6.58 Å². The van der Waals surface area contributed by atoms with Crippen molar-refractivity contribution in [2.24, 2.45) is 0 Å². The highest BCUT2D eigenvalue weighted by Crippen LogP contribution is 2.36. The minimum absolute atomic E-state index is 0.0223. The summed E-state index contributed by atoms with van der Waals surface area (Å²) in [6.45, 7) is 7.24. The molecule has 3 amide bonds. The second kappa shape index (κ2) is 6.69. The Morgan fingerprint density at radius 3 is 2.88 bits per heavy atom. The maximum absolute atomic E-state index is 12.9. The van der Waals surface area contributed by atoms with Crippen LogP contribution in [-0.2, 0) is 4.79 Å². The van der Waals surface area contributed by atoms with Crippen molar-refractivity contribution in [1.82, 2.24) is 15.1 Å². The number of nitrogens with one attached hydrogen (secondary N) is 1. The predicted octanol–water partition coefficient (Wildman–Crippen LogP) is 3.10. The Balaban J connectivity index is 2.06. The van der Waals surface area contributed by atoms with Crippen LogP contribution < -0.4 is 5.32 Å². The van der Waals surface area contributed by atoms with Crippen molar-refractivity contribution < 1.29 is 9.59 Å². The van der Waals surface area contributed by atoms with E-state index in [2.05, 4.69) is 11.9 Å².